The van der Waals surface area contributed by atoms with Crippen LogP contribution in [0.4, 0.5) is 5.69 Å². The summed E-state index contributed by atoms with van der Waals surface area (Å²) in [7, 11) is -1.91. The van der Waals surface area contributed by atoms with Crippen molar-refractivity contribution in [1.29, 1.82) is 0 Å². The predicted molar refractivity (Wildman–Crippen MR) is 83.5 cm³/mol. The third-order valence-electron chi connectivity index (χ3n) is 2.85. The van der Waals surface area contributed by atoms with Crippen molar-refractivity contribution in [3.05, 3.63) is 45.2 Å². The number of nitrogens with zero attached hydrogens (tertiary/aromatic N) is 1. The molecule has 2 aromatic rings. The van der Waals surface area contributed by atoms with Crippen LogP contribution in [0.25, 0.3) is 0 Å². The Labute approximate surface area is 126 Å². The van der Waals surface area contributed by atoms with E-state index in [1.807, 2.05) is 38.1 Å². The summed E-state index contributed by atoms with van der Waals surface area (Å²) >= 11 is 4.59. The fourth-order valence-corrected chi connectivity index (χ4v) is 5.18. The van der Waals surface area contributed by atoms with Crippen LogP contribution in [0.15, 0.2) is 38.3 Å². The predicted octanol–water partition coefficient (Wildman–Crippen LogP) is 3.95. The van der Waals surface area contributed by atoms with Crippen molar-refractivity contribution in [3.63, 3.8) is 0 Å². The summed E-state index contributed by atoms with van der Waals surface area (Å²) < 4.78 is 27.5. The van der Waals surface area contributed by atoms with Crippen LogP contribution >= 0.6 is 27.3 Å². The molecule has 2 rings (SSSR count). The number of halogens is 1. The number of thiophene rings is 1. The Bertz CT molecular complexity index is 670. The molecule has 0 amide bonds. The third kappa shape index (κ3) is 2.85. The SMILES string of the molecule is Cc1ccc(N(C)S(=O)(=O)c2cc(C)c(Br)s2)cc1. The first-order chi connectivity index (χ1) is 8.82. The Kier molecular flexibility index (Phi) is 4.03. The molecule has 0 radical (unpaired) electrons. The molecule has 0 unspecified atom stereocenters. The molecule has 0 aliphatic heterocycles. The van der Waals surface area contributed by atoms with Crippen molar-refractivity contribution in [2.24, 2.45) is 0 Å². The van der Waals surface area contributed by atoms with Gasteiger partial charge in [-0.3, -0.25) is 4.31 Å². The Morgan fingerprint density at radius 2 is 1.74 bits per heavy atom. The highest BCUT2D eigenvalue weighted by molar-refractivity contribution is 9.11. The van der Waals surface area contributed by atoms with Gasteiger partial charge in [0.2, 0.25) is 0 Å². The van der Waals surface area contributed by atoms with Crippen LogP contribution in [0, 0.1) is 13.8 Å². The topological polar surface area (TPSA) is 37.4 Å². The lowest BCUT2D eigenvalue weighted by Gasteiger charge is -2.18. The maximum atomic E-state index is 12.5. The van der Waals surface area contributed by atoms with Crippen molar-refractivity contribution in [2.75, 3.05) is 11.4 Å². The Morgan fingerprint density at radius 3 is 2.21 bits per heavy atom. The van der Waals surface area contributed by atoms with E-state index in [1.165, 1.54) is 15.6 Å². The van der Waals surface area contributed by atoms with E-state index in [4.69, 9.17) is 0 Å². The molecule has 19 heavy (non-hydrogen) atoms. The molecule has 0 bridgehead atoms. The van der Waals surface area contributed by atoms with E-state index in [0.717, 1.165) is 14.9 Å². The highest BCUT2D eigenvalue weighted by Crippen LogP contribution is 2.33. The average molecular weight is 360 g/mol. The highest BCUT2D eigenvalue weighted by atomic mass is 79.9. The van der Waals surface area contributed by atoms with Gasteiger partial charge in [-0.05, 0) is 53.5 Å². The third-order valence-corrected chi connectivity index (χ3v) is 7.22. The molecule has 102 valence electrons. The summed E-state index contributed by atoms with van der Waals surface area (Å²) in [6.45, 7) is 3.85. The fourth-order valence-electron chi connectivity index (χ4n) is 1.59. The van der Waals surface area contributed by atoms with Crippen molar-refractivity contribution < 1.29 is 8.42 Å². The molecule has 1 aromatic heterocycles. The lowest BCUT2D eigenvalue weighted by atomic mass is 10.2. The molecule has 0 saturated carbocycles. The second kappa shape index (κ2) is 5.26. The largest absolute Gasteiger partial charge is 0.273 e. The fraction of sp³-hybridized carbons (Fsp3) is 0.231. The van der Waals surface area contributed by atoms with Gasteiger partial charge in [0.1, 0.15) is 4.21 Å². The summed E-state index contributed by atoms with van der Waals surface area (Å²) in [5.74, 6) is 0. The minimum Gasteiger partial charge on any atom is -0.269 e. The maximum absolute atomic E-state index is 12.5. The smallest absolute Gasteiger partial charge is 0.269 e. The molecule has 6 heteroatoms. The molecule has 0 spiro atoms. The molecule has 0 aliphatic carbocycles. The molecule has 1 heterocycles. The van der Waals surface area contributed by atoms with E-state index >= 15 is 0 Å². The number of aryl methyl sites for hydroxylation is 2. The summed E-state index contributed by atoms with van der Waals surface area (Å²) in [5.41, 5.74) is 2.69. The molecular weight excluding hydrogens is 346 g/mol. The quantitative estimate of drug-likeness (QED) is 0.831. The molecule has 0 saturated heterocycles. The van der Waals surface area contributed by atoms with Crippen LogP contribution in [-0.2, 0) is 10.0 Å². The maximum Gasteiger partial charge on any atom is 0.273 e. The number of benzene rings is 1. The van der Waals surface area contributed by atoms with E-state index in [2.05, 4.69) is 15.9 Å². The number of sulfonamides is 1. The summed E-state index contributed by atoms with van der Waals surface area (Å²) in [4.78, 5) is 0. The van der Waals surface area contributed by atoms with Crippen LogP contribution in [0.3, 0.4) is 0 Å². The van der Waals surface area contributed by atoms with E-state index < -0.39 is 10.0 Å². The first-order valence-electron chi connectivity index (χ1n) is 5.64. The lowest BCUT2D eigenvalue weighted by Crippen LogP contribution is -2.25. The van der Waals surface area contributed by atoms with Crippen molar-refractivity contribution in [1.82, 2.24) is 0 Å². The Morgan fingerprint density at radius 1 is 1.16 bits per heavy atom. The zero-order valence-corrected chi connectivity index (χ0v) is 14.1. The summed E-state index contributed by atoms with van der Waals surface area (Å²) in [6.07, 6.45) is 0. The molecule has 0 fully saturated rings. The van der Waals surface area contributed by atoms with Gasteiger partial charge in [0.15, 0.2) is 0 Å². The monoisotopic (exact) mass is 359 g/mol. The molecule has 1 aromatic carbocycles. The van der Waals surface area contributed by atoms with Gasteiger partial charge in [0, 0.05) is 7.05 Å². The molecule has 0 aliphatic rings. The molecular formula is C13H14BrNO2S2. The average Bonchev–Trinajstić information content (AvgIpc) is 2.70. The minimum absolute atomic E-state index is 0.347. The van der Waals surface area contributed by atoms with Crippen LogP contribution in [0.2, 0.25) is 0 Å². The van der Waals surface area contributed by atoms with Crippen LogP contribution in [-0.4, -0.2) is 15.5 Å². The summed E-state index contributed by atoms with van der Waals surface area (Å²) in [6, 6.07) is 9.10. The number of hydrogen-bond acceptors (Lipinski definition) is 3. The normalized spacial score (nSPS) is 11.6. The van der Waals surface area contributed by atoms with Crippen LogP contribution < -0.4 is 4.31 Å². The van der Waals surface area contributed by atoms with Gasteiger partial charge in [-0.25, -0.2) is 8.42 Å². The zero-order valence-electron chi connectivity index (χ0n) is 10.8. The van der Waals surface area contributed by atoms with Gasteiger partial charge in [-0.15, -0.1) is 11.3 Å². The lowest BCUT2D eigenvalue weighted by molar-refractivity contribution is 0.596. The minimum atomic E-state index is -3.48. The van der Waals surface area contributed by atoms with Crippen molar-refractivity contribution >= 4 is 43.0 Å². The van der Waals surface area contributed by atoms with E-state index in [-0.39, 0.29) is 0 Å². The van der Waals surface area contributed by atoms with Crippen LogP contribution in [0.1, 0.15) is 11.1 Å². The zero-order chi connectivity index (χ0) is 14.2. The van der Waals surface area contributed by atoms with Crippen molar-refractivity contribution in [2.45, 2.75) is 18.1 Å². The van der Waals surface area contributed by atoms with Gasteiger partial charge < -0.3 is 0 Å². The second-order valence-corrected chi connectivity index (χ2v) is 8.90. The van der Waals surface area contributed by atoms with E-state index in [0.29, 0.717) is 9.90 Å². The van der Waals surface area contributed by atoms with Gasteiger partial charge in [0.25, 0.3) is 10.0 Å². The summed E-state index contributed by atoms with van der Waals surface area (Å²) in [5, 5.41) is 0. The van der Waals surface area contributed by atoms with Gasteiger partial charge in [-0.2, -0.15) is 0 Å². The molecule has 0 N–H and O–H groups in total. The molecule has 3 nitrogen and oxygen atoms in total. The number of rotatable bonds is 3. The van der Waals surface area contributed by atoms with E-state index in [1.54, 1.807) is 13.1 Å². The van der Waals surface area contributed by atoms with Gasteiger partial charge in [-0.1, -0.05) is 17.7 Å². The first-order valence-corrected chi connectivity index (χ1v) is 8.69. The highest BCUT2D eigenvalue weighted by Gasteiger charge is 2.24. The molecule has 0 atom stereocenters. The van der Waals surface area contributed by atoms with Crippen molar-refractivity contribution in [3.8, 4) is 0 Å². The Hall–Kier alpha value is -0.850. The number of anilines is 1. The van der Waals surface area contributed by atoms with E-state index in [9.17, 15) is 8.42 Å². The number of hydrogen-bond donors (Lipinski definition) is 0. The standard InChI is InChI=1S/C13H14BrNO2S2/c1-9-4-6-11(7-5-9)15(3)19(16,17)12-8-10(2)13(14)18-12/h4-8H,1-3H3. The first kappa shape index (κ1) is 14.6. The van der Waals surface area contributed by atoms with Gasteiger partial charge >= 0.3 is 0 Å². The van der Waals surface area contributed by atoms with Gasteiger partial charge in [0.05, 0.1) is 9.47 Å². The second-order valence-electron chi connectivity index (χ2n) is 4.33. The van der Waals surface area contributed by atoms with Crippen LogP contribution in [0.5, 0.6) is 0 Å². The Balaban J connectivity index is 2.41.